The summed E-state index contributed by atoms with van der Waals surface area (Å²) >= 11 is 0. The number of carbonyl (C=O) groups excluding carboxylic acids is 1. The highest BCUT2D eigenvalue weighted by molar-refractivity contribution is 6.09. The first-order valence-electron chi connectivity index (χ1n) is 6.79. The van der Waals surface area contributed by atoms with Gasteiger partial charge >= 0.3 is 0 Å². The SMILES string of the molecule is O=C(Nc1cccc2ccccc12)c1cc([N+](=O)[O-])ccc1F. The Hall–Kier alpha value is -3.28. The van der Waals surface area contributed by atoms with Crippen LogP contribution < -0.4 is 5.32 Å². The fourth-order valence-electron chi connectivity index (χ4n) is 2.32. The minimum absolute atomic E-state index is 0.338. The highest BCUT2D eigenvalue weighted by atomic mass is 19.1. The van der Waals surface area contributed by atoms with Gasteiger partial charge < -0.3 is 5.32 Å². The first-order valence-corrected chi connectivity index (χ1v) is 6.79. The number of non-ortho nitro benzene ring substituents is 1. The third-order valence-electron chi connectivity index (χ3n) is 3.44. The number of rotatable bonds is 3. The third kappa shape index (κ3) is 2.87. The van der Waals surface area contributed by atoms with Gasteiger partial charge in [0.2, 0.25) is 0 Å². The molecular formula is C17H11FN2O3. The predicted octanol–water partition coefficient (Wildman–Crippen LogP) is 4.14. The minimum Gasteiger partial charge on any atom is -0.321 e. The molecule has 0 saturated heterocycles. The number of hydrogen-bond acceptors (Lipinski definition) is 3. The molecule has 3 rings (SSSR count). The van der Waals surface area contributed by atoms with Crippen LogP contribution in [0.1, 0.15) is 10.4 Å². The van der Waals surface area contributed by atoms with Gasteiger partial charge in [0, 0.05) is 23.2 Å². The van der Waals surface area contributed by atoms with Crippen LogP contribution >= 0.6 is 0 Å². The minimum atomic E-state index is -0.812. The van der Waals surface area contributed by atoms with E-state index in [9.17, 15) is 19.3 Å². The van der Waals surface area contributed by atoms with Crippen LogP contribution in [0.15, 0.2) is 60.7 Å². The van der Waals surface area contributed by atoms with Crippen molar-refractivity contribution in [2.45, 2.75) is 0 Å². The summed E-state index contributed by atoms with van der Waals surface area (Å²) in [6, 6.07) is 15.6. The summed E-state index contributed by atoms with van der Waals surface area (Å²) in [4.78, 5) is 22.4. The molecule has 5 nitrogen and oxygen atoms in total. The Labute approximate surface area is 130 Å². The average molecular weight is 310 g/mol. The number of fused-ring (bicyclic) bond motifs is 1. The van der Waals surface area contributed by atoms with Gasteiger partial charge in [-0.2, -0.15) is 0 Å². The normalized spacial score (nSPS) is 10.5. The molecule has 3 aromatic carbocycles. The van der Waals surface area contributed by atoms with Crippen LogP contribution in [0.2, 0.25) is 0 Å². The van der Waals surface area contributed by atoms with Gasteiger partial charge in [-0.15, -0.1) is 0 Å². The van der Waals surface area contributed by atoms with Gasteiger partial charge in [-0.25, -0.2) is 4.39 Å². The van der Waals surface area contributed by atoms with Crippen molar-refractivity contribution < 1.29 is 14.1 Å². The molecule has 0 aliphatic carbocycles. The van der Waals surface area contributed by atoms with Crippen LogP contribution in [0.4, 0.5) is 15.8 Å². The van der Waals surface area contributed by atoms with E-state index in [1.54, 1.807) is 12.1 Å². The molecule has 0 fully saturated rings. The van der Waals surface area contributed by atoms with E-state index in [1.165, 1.54) is 0 Å². The van der Waals surface area contributed by atoms with Gasteiger partial charge in [0.1, 0.15) is 5.82 Å². The zero-order valence-corrected chi connectivity index (χ0v) is 11.8. The van der Waals surface area contributed by atoms with Gasteiger partial charge in [0.05, 0.1) is 10.5 Å². The molecule has 0 radical (unpaired) electrons. The molecule has 0 spiro atoms. The fraction of sp³-hybridized carbons (Fsp3) is 0. The Balaban J connectivity index is 1.98. The van der Waals surface area contributed by atoms with Gasteiger partial charge in [-0.05, 0) is 17.5 Å². The lowest BCUT2D eigenvalue weighted by Crippen LogP contribution is -2.14. The lowest BCUT2D eigenvalue weighted by atomic mass is 10.1. The molecule has 1 amide bonds. The Morgan fingerprint density at radius 2 is 1.78 bits per heavy atom. The van der Waals surface area contributed by atoms with E-state index in [-0.39, 0.29) is 11.3 Å². The lowest BCUT2D eigenvalue weighted by molar-refractivity contribution is -0.384. The van der Waals surface area contributed by atoms with E-state index >= 15 is 0 Å². The first-order chi connectivity index (χ1) is 11.1. The summed E-state index contributed by atoms with van der Waals surface area (Å²) in [5.74, 6) is -1.55. The zero-order valence-electron chi connectivity index (χ0n) is 11.8. The van der Waals surface area contributed by atoms with E-state index in [1.807, 2.05) is 30.3 Å². The highest BCUT2D eigenvalue weighted by Crippen LogP contribution is 2.24. The maximum atomic E-state index is 13.8. The largest absolute Gasteiger partial charge is 0.321 e. The average Bonchev–Trinajstić information content (AvgIpc) is 2.55. The zero-order chi connectivity index (χ0) is 16.4. The molecule has 6 heteroatoms. The molecular weight excluding hydrogens is 299 g/mol. The maximum absolute atomic E-state index is 13.8. The number of benzene rings is 3. The Kier molecular flexibility index (Phi) is 3.72. The summed E-state index contributed by atoms with van der Waals surface area (Å²) in [7, 11) is 0. The summed E-state index contributed by atoms with van der Waals surface area (Å²) in [6.45, 7) is 0. The quantitative estimate of drug-likeness (QED) is 0.583. The summed E-state index contributed by atoms with van der Waals surface area (Å²) in [5.41, 5.74) is -0.194. The van der Waals surface area contributed by atoms with Crippen LogP contribution in [0.5, 0.6) is 0 Å². The monoisotopic (exact) mass is 310 g/mol. The van der Waals surface area contributed by atoms with Crippen LogP contribution in [0, 0.1) is 15.9 Å². The maximum Gasteiger partial charge on any atom is 0.270 e. The standard InChI is InChI=1S/C17H11FN2O3/c18-15-9-8-12(20(22)23)10-14(15)17(21)19-16-7-3-5-11-4-1-2-6-13(11)16/h1-10H,(H,19,21). The van der Waals surface area contributed by atoms with Crippen LogP contribution in [0.3, 0.4) is 0 Å². The smallest absolute Gasteiger partial charge is 0.270 e. The number of carbonyl (C=O) groups is 1. The van der Waals surface area contributed by atoms with E-state index in [0.29, 0.717) is 5.69 Å². The molecule has 1 N–H and O–H groups in total. The van der Waals surface area contributed by atoms with Crippen molar-refractivity contribution in [2.75, 3.05) is 5.32 Å². The fourth-order valence-corrected chi connectivity index (χ4v) is 2.32. The number of halogens is 1. The Bertz CT molecular complexity index is 919. The number of anilines is 1. The first kappa shape index (κ1) is 14.6. The van der Waals surface area contributed by atoms with Crippen molar-refractivity contribution in [1.29, 1.82) is 0 Å². The lowest BCUT2D eigenvalue weighted by Gasteiger charge is -2.09. The van der Waals surface area contributed by atoms with Crippen molar-refractivity contribution >= 4 is 28.1 Å². The number of hydrogen-bond donors (Lipinski definition) is 1. The molecule has 114 valence electrons. The van der Waals surface area contributed by atoms with Gasteiger partial charge in [-0.3, -0.25) is 14.9 Å². The van der Waals surface area contributed by atoms with Crippen LogP contribution in [-0.2, 0) is 0 Å². The van der Waals surface area contributed by atoms with Crippen molar-refractivity contribution in [3.8, 4) is 0 Å². The van der Waals surface area contributed by atoms with Crippen LogP contribution in [-0.4, -0.2) is 10.8 Å². The van der Waals surface area contributed by atoms with Crippen molar-refractivity contribution in [3.05, 3.63) is 82.2 Å². The molecule has 0 saturated carbocycles. The van der Waals surface area contributed by atoms with E-state index in [0.717, 1.165) is 29.0 Å². The van der Waals surface area contributed by atoms with E-state index < -0.39 is 16.6 Å². The van der Waals surface area contributed by atoms with Crippen molar-refractivity contribution in [1.82, 2.24) is 0 Å². The molecule has 0 bridgehead atoms. The Morgan fingerprint density at radius 3 is 2.57 bits per heavy atom. The molecule has 0 aromatic heterocycles. The van der Waals surface area contributed by atoms with Gasteiger partial charge in [0.15, 0.2) is 0 Å². The molecule has 0 aliphatic rings. The second-order valence-electron chi connectivity index (χ2n) is 4.90. The number of amides is 1. The number of nitro groups is 1. The predicted molar refractivity (Wildman–Crippen MR) is 85.0 cm³/mol. The second-order valence-corrected chi connectivity index (χ2v) is 4.90. The molecule has 0 aliphatic heterocycles. The summed E-state index contributed by atoms with van der Waals surface area (Å²) in [5, 5.41) is 15.1. The molecule has 23 heavy (non-hydrogen) atoms. The number of nitrogens with zero attached hydrogens (tertiary/aromatic N) is 1. The molecule has 3 aromatic rings. The molecule has 0 atom stereocenters. The van der Waals surface area contributed by atoms with E-state index in [4.69, 9.17) is 0 Å². The molecule has 0 unspecified atom stereocenters. The van der Waals surface area contributed by atoms with E-state index in [2.05, 4.69) is 5.32 Å². The Morgan fingerprint density at radius 1 is 1.04 bits per heavy atom. The van der Waals surface area contributed by atoms with Gasteiger partial charge in [0.25, 0.3) is 11.6 Å². The molecule has 0 heterocycles. The highest BCUT2D eigenvalue weighted by Gasteiger charge is 2.17. The summed E-state index contributed by atoms with van der Waals surface area (Å²) in [6.07, 6.45) is 0. The number of nitro benzene ring substituents is 1. The van der Waals surface area contributed by atoms with Gasteiger partial charge in [-0.1, -0.05) is 36.4 Å². The topological polar surface area (TPSA) is 72.2 Å². The van der Waals surface area contributed by atoms with Crippen LogP contribution in [0.25, 0.3) is 10.8 Å². The third-order valence-corrected chi connectivity index (χ3v) is 3.44. The second kappa shape index (κ2) is 5.84. The summed E-state index contributed by atoms with van der Waals surface area (Å²) < 4.78 is 13.8. The van der Waals surface area contributed by atoms with Crippen molar-refractivity contribution in [2.24, 2.45) is 0 Å². The van der Waals surface area contributed by atoms with Crippen molar-refractivity contribution in [3.63, 3.8) is 0 Å². The number of nitrogens with one attached hydrogen (secondary N) is 1.